The molecular weight excluding hydrogens is 266 g/mol. The number of benzene rings is 2. The topological polar surface area (TPSA) is 56.3 Å². The van der Waals surface area contributed by atoms with Crippen LogP contribution in [0.25, 0.3) is 11.0 Å². The van der Waals surface area contributed by atoms with E-state index in [1.54, 1.807) is 14.2 Å². The van der Waals surface area contributed by atoms with Gasteiger partial charge in [0.05, 0.1) is 25.3 Å². The first-order chi connectivity index (χ1) is 10.3. The van der Waals surface area contributed by atoms with E-state index >= 15 is 0 Å². The molecule has 2 aromatic carbocycles. The smallest absolute Gasteiger partial charge is 0.258 e. The highest BCUT2D eigenvalue weighted by Crippen LogP contribution is 2.27. The second-order valence-corrected chi connectivity index (χ2v) is 4.43. The minimum Gasteiger partial charge on any atom is -0.497 e. The van der Waals surface area contributed by atoms with Crippen LogP contribution in [-0.2, 0) is 0 Å². The Hall–Kier alpha value is -2.82. The van der Waals surface area contributed by atoms with Crippen molar-refractivity contribution in [2.24, 2.45) is 0 Å². The molecule has 0 radical (unpaired) electrons. The number of fused-ring (bicyclic) bond motifs is 1. The molecule has 3 aromatic rings. The molecule has 0 aliphatic rings. The molecule has 0 atom stereocenters. The van der Waals surface area contributed by atoms with Crippen LogP contribution in [0.5, 0.6) is 11.6 Å². The van der Waals surface area contributed by atoms with Crippen LogP contribution in [0.3, 0.4) is 0 Å². The van der Waals surface area contributed by atoms with Crippen LogP contribution in [0, 0.1) is 0 Å². The van der Waals surface area contributed by atoms with Crippen molar-refractivity contribution in [1.82, 2.24) is 9.97 Å². The molecule has 1 N–H and O–H groups in total. The van der Waals surface area contributed by atoms with E-state index in [2.05, 4.69) is 15.3 Å². The quantitative estimate of drug-likeness (QED) is 0.794. The average molecular weight is 281 g/mol. The third kappa shape index (κ3) is 2.72. The number of methoxy groups -OCH3 is 2. The Morgan fingerprint density at radius 1 is 0.857 bits per heavy atom. The lowest BCUT2D eigenvalue weighted by molar-refractivity contribution is 0.400. The van der Waals surface area contributed by atoms with Crippen molar-refractivity contribution < 1.29 is 9.47 Å². The molecule has 0 fully saturated rings. The summed E-state index contributed by atoms with van der Waals surface area (Å²) in [7, 11) is 3.21. The van der Waals surface area contributed by atoms with Crippen molar-refractivity contribution in [2.45, 2.75) is 0 Å². The molecule has 0 saturated carbocycles. The molecule has 106 valence electrons. The molecule has 5 heteroatoms. The Morgan fingerprint density at radius 2 is 1.62 bits per heavy atom. The third-order valence-electron chi connectivity index (χ3n) is 3.06. The zero-order chi connectivity index (χ0) is 14.7. The summed E-state index contributed by atoms with van der Waals surface area (Å²) in [6, 6.07) is 15.3. The number of anilines is 2. The van der Waals surface area contributed by atoms with Crippen molar-refractivity contribution in [3.05, 3.63) is 48.5 Å². The zero-order valence-electron chi connectivity index (χ0n) is 11.8. The second-order valence-electron chi connectivity index (χ2n) is 4.43. The Balaban J connectivity index is 2.02. The summed E-state index contributed by atoms with van der Waals surface area (Å²) in [5, 5.41) is 3.21. The molecule has 0 bridgehead atoms. The Bertz CT molecular complexity index is 774. The maximum Gasteiger partial charge on any atom is 0.258 e. The predicted molar refractivity (Wildman–Crippen MR) is 82.4 cm³/mol. The standard InChI is InChI=1S/C16H15N3O2/c1-20-12-7-5-6-11(10-12)17-15-16(21-2)19-14-9-4-3-8-13(14)18-15/h3-10H,1-2H3,(H,17,18). The maximum absolute atomic E-state index is 5.31. The molecule has 0 unspecified atom stereocenters. The van der Waals surface area contributed by atoms with Gasteiger partial charge in [-0.2, -0.15) is 0 Å². The maximum atomic E-state index is 5.31. The van der Waals surface area contributed by atoms with E-state index in [4.69, 9.17) is 9.47 Å². The van der Waals surface area contributed by atoms with Gasteiger partial charge in [0.25, 0.3) is 5.88 Å². The van der Waals surface area contributed by atoms with Crippen molar-refractivity contribution in [2.75, 3.05) is 19.5 Å². The molecule has 0 spiro atoms. The first-order valence-electron chi connectivity index (χ1n) is 6.52. The SMILES string of the molecule is COc1cccc(Nc2nc3ccccc3nc2OC)c1. The van der Waals surface area contributed by atoms with E-state index in [1.165, 1.54) is 0 Å². The van der Waals surface area contributed by atoms with Crippen LogP contribution in [-0.4, -0.2) is 24.2 Å². The lowest BCUT2D eigenvalue weighted by atomic mass is 10.3. The van der Waals surface area contributed by atoms with E-state index in [0.717, 1.165) is 22.5 Å². The highest BCUT2D eigenvalue weighted by atomic mass is 16.5. The summed E-state index contributed by atoms with van der Waals surface area (Å²) in [6.07, 6.45) is 0. The van der Waals surface area contributed by atoms with Crippen LogP contribution in [0.4, 0.5) is 11.5 Å². The van der Waals surface area contributed by atoms with Crippen molar-refractivity contribution in [3.63, 3.8) is 0 Å². The van der Waals surface area contributed by atoms with Crippen LogP contribution in [0.2, 0.25) is 0 Å². The predicted octanol–water partition coefficient (Wildman–Crippen LogP) is 3.39. The van der Waals surface area contributed by atoms with Gasteiger partial charge in [0.1, 0.15) is 5.75 Å². The summed E-state index contributed by atoms with van der Waals surface area (Å²) in [5.74, 6) is 1.80. The van der Waals surface area contributed by atoms with Gasteiger partial charge in [-0.05, 0) is 24.3 Å². The van der Waals surface area contributed by atoms with Gasteiger partial charge in [-0.15, -0.1) is 0 Å². The lowest BCUT2D eigenvalue weighted by Gasteiger charge is -2.11. The van der Waals surface area contributed by atoms with Gasteiger partial charge < -0.3 is 14.8 Å². The first-order valence-corrected chi connectivity index (χ1v) is 6.52. The minimum atomic E-state index is 0.455. The van der Waals surface area contributed by atoms with E-state index in [9.17, 15) is 0 Å². The minimum absolute atomic E-state index is 0.455. The van der Waals surface area contributed by atoms with Crippen LogP contribution in [0.1, 0.15) is 0 Å². The zero-order valence-corrected chi connectivity index (χ0v) is 11.8. The second kappa shape index (κ2) is 5.66. The molecule has 0 saturated heterocycles. The molecule has 5 nitrogen and oxygen atoms in total. The molecule has 1 heterocycles. The van der Waals surface area contributed by atoms with Gasteiger partial charge in [0.2, 0.25) is 0 Å². The van der Waals surface area contributed by atoms with Crippen LogP contribution < -0.4 is 14.8 Å². The van der Waals surface area contributed by atoms with Gasteiger partial charge in [-0.25, -0.2) is 9.97 Å². The Labute approximate surface area is 122 Å². The van der Waals surface area contributed by atoms with Crippen LogP contribution >= 0.6 is 0 Å². The monoisotopic (exact) mass is 281 g/mol. The number of rotatable bonds is 4. The van der Waals surface area contributed by atoms with Crippen molar-refractivity contribution >= 4 is 22.5 Å². The molecular formula is C16H15N3O2. The Morgan fingerprint density at radius 3 is 2.33 bits per heavy atom. The lowest BCUT2D eigenvalue weighted by Crippen LogP contribution is -2.00. The average Bonchev–Trinajstić information content (AvgIpc) is 2.54. The summed E-state index contributed by atoms with van der Waals surface area (Å²) in [5.41, 5.74) is 2.46. The van der Waals surface area contributed by atoms with E-state index in [-0.39, 0.29) is 0 Å². The number of nitrogens with zero attached hydrogens (tertiary/aromatic N) is 2. The summed E-state index contributed by atoms with van der Waals surface area (Å²) in [6.45, 7) is 0. The van der Waals surface area contributed by atoms with Gasteiger partial charge in [0.15, 0.2) is 5.82 Å². The van der Waals surface area contributed by atoms with Crippen molar-refractivity contribution in [3.8, 4) is 11.6 Å². The van der Waals surface area contributed by atoms with E-state index in [0.29, 0.717) is 11.7 Å². The fourth-order valence-electron chi connectivity index (χ4n) is 2.05. The number of nitrogens with one attached hydrogen (secondary N) is 1. The van der Waals surface area contributed by atoms with E-state index < -0.39 is 0 Å². The molecule has 1 aromatic heterocycles. The van der Waals surface area contributed by atoms with Gasteiger partial charge in [0, 0.05) is 11.8 Å². The summed E-state index contributed by atoms with van der Waals surface area (Å²) in [4.78, 5) is 9.01. The van der Waals surface area contributed by atoms with Crippen molar-refractivity contribution in [1.29, 1.82) is 0 Å². The number of para-hydroxylation sites is 2. The molecule has 0 aliphatic carbocycles. The number of ether oxygens (including phenoxy) is 2. The number of hydrogen-bond acceptors (Lipinski definition) is 5. The Kier molecular flexibility index (Phi) is 3.55. The normalized spacial score (nSPS) is 10.4. The number of hydrogen-bond donors (Lipinski definition) is 1. The van der Waals surface area contributed by atoms with Crippen LogP contribution in [0.15, 0.2) is 48.5 Å². The van der Waals surface area contributed by atoms with Gasteiger partial charge >= 0.3 is 0 Å². The summed E-state index contributed by atoms with van der Waals surface area (Å²) >= 11 is 0. The molecule has 0 aliphatic heterocycles. The largest absolute Gasteiger partial charge is 0.497 e. The fourth-order valence-corrected chi connectivity index (χ4v) is 2.05. The fraction of sp³-hybridized carbons (Fsp3) is 0.125. The highest BCUT2D eigenvalue weighted by molar-refractivity contribution is 5.78. The van der Waals surface area contributed by atoms with Gasteiger partial charge in [-0.1, -0.05) is 18.2 Å². The van der Waals surface area contributed by atoms with Gasteiger partial charge in [-0.3, -0.25) is 0 Å². The summed E-state index contributed by atoms with van der Waals surface area (Å²) < 4.78 is 10.5. The molecule has 0 amide bonds. The first kappa shape index (κ1) is 13.2. The molecule has 21 heavy (non-hydrogen) atoms. The third-order valence-corrected chi connectivity index (χ3v) is 3.06. The highest BCUT2D eigenvalue weighted by Gasteiger charge is 2.09. The van der Waals surface area contributed by atoms with E-state index in [1.807, 2.05) is 48.5 Å². The molecule has 3 rings (SSSR count). The number of aromatic nitrogens is 2.